The molecule has 6 heteroatoms. The molecule has 0 bridgehead atoms. The third kappa shape index (κ3) is 3.13. The van der Waals surface area contributed by atoms with E-state index in [0.717, 1.165) is 17.9 Å². The van der Waals surface area contributed by atoms with Gasteiger partial charge in [0.2, 0.25) is 0 Å². The number of ether oxygens (including phenoxy) is 1. The molecule has 0 spiro atoms. The van der Waals surface area contributed by atoms with Crippen LogP contribution >= 0.6 is 11.8 Å². The van der Waals surface area contributed by atoms with Crippen molar-refractivity contribution in [2.75, 3.05) is 6.61 Å². The minimum atomic E-state index is -0.505. The Bertz CT molecular complexity index is 517. The zero-order valence-corrected chi connectivity index (χ0v) is 11.6. The predicted octanol–water partition coefficient (Wildman–Crippen LogP) is 3.07. The van der Waals surface area contributed by atoms with E-state index >= 15 is 0 Å². The molecule has 0 N–H and O–H groups in total. The van der Waals surface area contributed by atoms with Crippen LogP contribution in [-0.2, 0) is 4.74 Å². The normalized spacial score (nSPS) is 22.4. The van der Waals surface area contributed by atoms with Gasteiger partial charge in [0, 0.05) is 22.8 Å². The van der Waals surface area contributed by atoms with Crippen molar-refractivity contribution >= 4 is 23.2 Å². The van der Waals surface area contributed by atoms with Crippen LogP contribution < -0.4 is 0 Å². The van der Waals surface area contributed by atoms with Crippen molar-refractivity contribution in [3.63, 3.8) is 0 Å². The second-order valence-electron chi connectivity index (χ2n) is 4.51. The van der Waals surface area contributed by atoms with Crippen molar-refractivity contribution in [1.29, 1.82) is 0 Å². The topological polar surface area (TPSA) is 69.4 Å². The van der Waals surface area contributed by atoms with Crippen molar-refractivity contribution in [3.8, 4) is 0 Å². The summed E-state index contributed by atoms with van der Waals surface area (Å²) in [7, 11) is 0. The van der Waals surface area contributed by atoms with E-state index in [-0.39, 0.29) is 23.1 Å². The van der Waals surface area contributed by atoms with Gasteiger partial charge in [0.1, 0.15) is 0 Å². The molecular weight excluding hydrogens is 266 g/mol. The van der Waals surface area contributed by atoms with Gasteiger partial charge < -0.3 is 4.74 Å². The first-order valence-corrected chi connectivity index (χ1v) is 6.94. The van der Waals surface area contributed by atoms with Gasteiger partial charge >= 0.3 is 0 Å². The average molecular weight is 281 g/mol. The van der Waals surface area contributed by atoms with Crippen LogP contribution in [0.4, 0.5) is 5.69 Å². The molecule has 0 aliphatic carbocycles. The number of Topliss-reactive ketones (excluding diaryl/α,β-unsaturated/α-hetero) is 1. The number of benzene rings is 1. The lowest BCUT2D eigenvalue weighted by Gasteiger charge is -2.13. The summed E-state index contributed by atoms with van der Waals surface area (Å²) in [5.41, 5.74) is 0.0362. The van der Waals surface area contributed by atoms with Crippen LogP contribution in [0, 0.1) is 10.1 Å². The van der Waals surface area contributed by atoms with Crippen LogP contribution in [0.1, 0.15) is 30.6 Å². The smallest absolute Gasteiger partial charge is 0.281 e. The van der Waals surface area contributed by atoms with E-state index in [9.17, 15) is 14.9 Å². The minimum Gasteiger partial charge on any atom is -0.377 e. The predicted molar refractivity (Wildman–Crippen MR) is 72.8 cm³/mol. The number of nitrogens with zero attached hydrogens (tertiary/aromatic N) is 1. The number of hydrogen-bond donors (Lipinski definition) is 0. The highest BCUT2D eigenvalue weighted by atomic mass is 32.2. The molecule has 2 unspecified atom stereocenters. The second-order valence-corrected chi connectivity index (χ2v) is 5.83. The number of carbonyl (C=O) groups excluding carboxylic acids is 1. The SMILES string of the molecule is CC(=O)c1ccc(SC2CCOC2C)cc1[N+](=O)[O-]. The first-order chi connectivity index (χ1) is 8.99. The zero-order valence-electron chi connectivity index (χ0n) is 10.8. The van der Waals surface area contributed by atoms with Crippen molar-refractivity contribution < 1.29 is 14.5 Å². The molecule has 19 heavy (non-hydrogen) atoms. The number of ketones is 1. The Morgan fingerprint density at radius 1 is 1.53 bits per heavy atom. The van der Waals surface area contributed by atoms with Gasteiger partial charge in [-0.1, -0.05) is 0 Å². The van der Waals surface area contributed by atoms with Gasteiger partial charge in [0.15, 0.2) is 5.78 Å². The fourth-order valence-corrected chi connectivity index (χ4v) is 3.24. The highest BCUT2D eigenvalue weighted by Gasteiger charge is 2.26. The highest BCUT2D eigenvalue weighted by molar-refractivity contribution is 8.00. The first kappa shape index (κ1) is 14.0. The maximum Gasteiger partial charge on any atom is 0.281 e. The third-order valence-corrected chi connectivity index (χ3v) is 4.59. The summed E-state index contributed by atoms with van der Waals surface area (Å²) in [6.45, 7) is 4.07. The Balaban J connectivity index is 2.25. The van der Waals surface area contributed by atoms with Crippen molar-refractivity contribution in [3.05, 3.63) is 33.9 Å². The van der Waals surface area contributed by atoms with E-state index in [1.54, 1.807) is 17.8 Å². The average Bonchev–Trinajstić information content (AvgIpc) is 2.74. The molecular formula is C13H15NO4S. The van der Waals surface area contributed by atoms with Crippen LogP contribution in [0.3, 0.4) is 0 Å². The lowest BCUT2D eigenvalue weighted by atomic mass is 10.1. The fraction of sp³-hybridized carbons (Fsp3) is 0.462. The summed E-state index contributed by atoms with van der Waals surface area (Å²) in [5.74, 6) is -0.291. The van der Waals surface area contributed by atoms with Crippen molar-refractivity contribution in [2.45, 2.75) is 36.5 Å². The molecule has 5 nitrogen and oxygen atoms in total. The number of carbonyl (C=O) groups is 1. The van der Waals surface area contributed by atoms with Crippen LogP contribution in [0.25, 0.3) is 0 Å². The molecule has 1 saturated heterocycles. The van der Waals surface area contributed by atoms with Crippen molar-refractivity contribution in [1.82, 2.24) is 0 Å². The lowest BCUT2D eigenvalue weighted by Crippen LogP contribution is -2.13. The van der Waals surface area contributed by atoms with Crippen molar-refractivity contribution in [2.24, 2.45) is 0 Å². The largest absolute Gasteiger partial charge is 0.377 e. The molecule has 1 aliphatic rings. The lowest BCUT2D eigenvalue weighted by molar-refractivity contribution is -0.385. The maximum atomic E-state index is 11.3. The molecule has 1 aromatic carbocycles. The number of thioether (sulfide) groups is 1. The number of rotatable bonds is 4. The van der Waals surface area contributed by atoms with Crippen LogP contribution in [0.15, 0.2) is 23.1 Å². The maximum absolute atomic E-state index is 11.3. The Morgan fingerprint density at radius 2 is 2.26 bits per heavy atom. The van der Waals surface area contributed by atoms with Crippen LogP contribution in [-0.4, -0.2) is 28.7 Å². The van der Waals surface area contributed by atoms with Crippen LogP contribution in [0.5, 0.6) is 0 Å². The quantitative estimate of drug-likeness (QED) is 0.482. The van der Waals surface area contributed by atoms with Gasteiger partial charge in [-0.25, -0.2) is 0 Å². The Morgan fingerprint density at radius 3 is 2.79 bits per heavy atom. The monoisotopic (exact) mass is 281 g/mol. The van der Waals surface area contributed by atoms with Gasteiger partial charge in [-0.15, -0.1) is 11.8 Å². The Labute approximate surface area is 115 Å². The summed E-state index contributed by atoms with van der Waals surface area (Å²) in [5, 5.41) is 11.3. The molecule has 1 aliphatic heterocycles. The van der Waals surface area contributed by atoms with Gasteiger partial charge in [-0.3, -0.25) is 14.9 Å². The first-order valence-electron chi connectivity index (χ1n) is 6.06. The van der Waals surface area contributed by atoms with E-state index < -0.39 is 4.92 Å². The molecule has 0 aromatic heterocycles. The highest BCUT2D eigenvalue weighted by Crippen LogP contribution is 2.35. The fourth-order valence-electron chi connectivity index (χ4n) is 2.08. The zero-order chi connectivity index (χ0) is 14.0. The number of nitro benzene ring substituents is 1. The van der Waals surface area contributed by atoms with Gasteiger partial charge in [0.25, 0.3) is 5.69 Å². The summed E-state index contributed by atoms with van der Waals surface area (Å²) >= 11 is 1.57. The summed E-state index contributed by atoms with van der Waals surface area (Å²) in [6.07, 6.45) is 1.09. The Kier molecular flexibility index (Phi) is 4.21. The van der Waals surface area contributed by atoms with E-state index in [1.165, 1.54) is 19.1 Å². The molecule has 2 rings (SSSR count). The van der Waals surface area contributed by atoms with Gasteiger partial charge in [0.05, 0.1) is 16.6 Å². The molecule has 2 atom stereocenters. The Hall–Kier alpha value is -1.40. The second kappa shape index (κ2) is 5.71. The number of nitro groups is 1. The van der Waals surface area contributed by atoms with Crippen LogP contribution in [0.2, 0.25) is 0 Å². The molecule has 0 saturated carbocycles. The van der Waals surface area contributed by atoms with Gasteiger partial charge in [-0.2, -0.15) is 0 Å². The van der Waals surface area contributed by atoms with E-state index in [0.29, 0.717) is 5.25 Å². The van der Waals surface area contributed by atoms with E-state index in [2.05, 4.69) is 0 Å². The van der Waals surface area contributed by atoms with E-state index in [1.807, 2.05) is 6.92 Å². The summed E-state index contributed by atoms with van der Waals surface area (Å²) < 4.78 is 5.47. The standard InChI is InChI=1S/C13H15NO4S/c1-8(15)11-4-3-10(7-12(11)14(16)17)19-13-5-6-18-9(13)2/h3-4,7,9,13H,5-6H2,1-2H3. The molecule has 0 amide bonds. The minimum absolute atomic E-state index is 0.121. The molecule has 1 aromatic rings. The molecule has 0 radical (unpaired) electrons. The molecule has 1 heterocycles. The van der Waals surface area contributed by atoms with Gasteiger partial charge in [-0.05, 0) is 32.4 Å². The summed E-state index contributed by atoms with van der Waals surface area (Å²) in [4.78, 5) is 22.6. The molecule has 102 valence electrons. The third-order valence-electron chi connectivity index (χ3n) is 3.14. The summed E-state index contributed by atoms with van der Waals surface area (Å²) in [6, 6.07) is 4.77. The van der Waals surface area contributed by atoms with E-state index in [4.69, 9.17) is 4.74 Å². The molecule has 1 fully saturated rings. The number of hydrogen-bond acceptors (Lipinski definition) is 5.